The summed E-state index contributed by atoms with van der Waals surface area (Å²) in [5, 5.41) is 3.52. The summed E-state index contributed by atoms with van der Waals surface area (Å²) in [7, 11) is 1.68. The number of ether oxygens (including phenoxy) is 2. The van der Waals surface area contributed by atoms with Crippen LogP contribution in [0.3, 0.4) is 0 Å². The Morgan fingerprint density at radius 2 is 1.62 bits per heavy atom. The van der Waals surface area contributed by atoms with E-state index >= 15 is 0 Å². The molecule has 0 aliphatic heterocycles. The SMILES string of the molecule is COCCOc1ccccc1CNc1c(C)cccc1C. The molecule has 0 spiro atoms. The van der Waals surface area contributed by atoms with E-state index in [4.69, 9.17) is 9.47 Å². The topological polar surface area (TPSA) is 30.5 Å². The molecule has 2 aromatic rings. The molecule has 0 unspecified atom stereocenters. The molecule has 0 fully saturated rings. The molecular formula is C18H23NO2. The van der Waals surface area contributed by atoms with Crippen molar-refractivity contribution in [3.05, 3.63) is 59.2 Å². The van der Waals surface area contributed by atoms with Crippen LogP contribution in [0.4, 0.5) is 5.69 Å². The van der Waals surface area contributed by atoms with E-state index in [2.05, 4.69) is 43.4 Å². The summed E-state index contributed by atoms with van der Waals surface area (Å²) < 4.78 is 10.8. The molecule has 21 heavy (non-hydrogen) atoms. The Morgan fingerprint density at radius 1 is 0.905 bits per heavy atom. The van der Waals surface area contributed by atoms with Crippen molar-refractivity contribution in [3.63, 3.8) is 0 Å². The second-order valence-electron chi connectivity index (χ2n) is 5.07. The lowest BCUT2D eigenvalue weighted by molar-refractivity contribution is 0.146. The molecule has 0 saturated carbocycles. The molecule has 3 nitrogen and oxygen atoms in total. The van der Waals surface area contributed by atoms with Crippen LogP contribution in [0.25, 0.3) is 0 Å². The van der Waals surface area contributed by atoms with Crippen molar-refractivity contribution >= 4 is 5.69 Å². The van der Waals surface area contributed by atoms with E-state index in [1.165, 1.54) is 16.8 Å². The minimum Gasteiger partial charge on any atom is -0.491 e. The second-order valence-corrected chi connectivity index (χ2v) is 5.07. The molecule has 0 aliphatic carbocycles. The van der Waals surface area contributed by atoms with Gasteiger partial charge in [-0.25, -0.2) is 0 Å². The van der Waals surface area contributed by atoms with Crippen molar-refractivity contribution in [1.82, 2.24) is 0 Å². The number of methoxy groups -OCH3 is 1. The first kappa shape index (κ1) is 15.4. The highest BCUT2D eigenvalue weighted by Crippen LogP contribution is 2.23. The largest absolute Gasteiger partial charge is 0.491 e. The fourth-order valence-electron chi connectivity index (χ4n) is 2.30. The number of aryl methyl sites for hydroxylation is 2. The first-order chi connectivity index (χ1) is 10.2. The van der Waals surface area contributed by atoms with Crippen molar-refractivity contribution in [1.29, 1.82) is 0 Å². The number of nitrogens with one attached hydrogen (secondary N) is 1. The highest BCUT2D eigenvalue weighted by molar-refractivity contribution is 5.57. The van der Waals surface area contributed by atoms with Gasteiger partial charge in [-0.1, -0.05) is 36.4 Å². The van der Waals surface area contributed by atoms with Gasteiger partial charge in [0.05, 0.1) is 6.61 Å². The van der Waals surface area contributed by atoms with Gasteiger partial charge < -0.3 is 14.8 Å². The van der Waals surface area contributed by atoms with E-state index in [9.17, 15) is 0 Å². The predicted molar refractivity (Wildman–Crippen MR) is 87.1 cm³/mol. The third-order valence-corrected chi connectivity index (χ3v) is 3.45. The zero-order valence-corrected chi connectivity index (χ0v) is 13.0. The summed E-state index contributed by atoms with van der Waals surface area (Å²) in [5.74, 6) is 0.910. The van der Waals surface area contributed by atoms with Crippen molar-refractivity contribution < 1.29 is 9.47 Å². The van der Waals surface area contributed by atoms with E-state index < -0.39 is 0 Å². The van der Waals surface area contributed by atoms with Crippen molar-refractivity contribution in [2.24, 2.45) is 0 Å². The van der Waals surface area contributed by atoms with Crippen LogP contribution < -0.4 is 10.1 Å². The molecule has 0 atom stereocenters. The molecule has 3 heteroatoms. The lowest BCUT2D eigenvalue weighted by atomic mass is 10.1. The maximum Gasteiger partial charge on any atom is 0.124 e. The Balaban J connectivity index is 2.06. The van der Waals surface area contributed by atoms with Gasteiger partial charge in [-0.15, -0.1) is 0 Å². The Bertz CT molecular complexity index is 561. The smallest absolute Gasteiger partial charge is 0.124 e. The van der Waals surface area contributed by atoms with Gasteiger partial charge in [0.25, 0.3) is 0 Å². The minimum absolute atomic E-state index is 0.566. The summed E-state index contributed by atoms with van der Waals surface area (Å²) in [4.78, 5) is 0. The van der Waals surface area contributed by atoms with Crippen molar-refractivity contribution in [2.45, 2.75) is 20.4 Å². The van der Waals surface area contributed by atoms with Crippen LogP contribution in [0.5, 0.6) is 5.75 Å². The Kier molecular flexibility index (Phi) is 5.64. The first-order valence-corrected chi connectivity index (χ1v) is 7.22. The van der Waals surface area contributed by atoms with Crippen LogP contribution in [0.15, 0.2) is 42.5 Å². The van der Waals surface area contributed by atoms with Gasteiger partial charge in [-0.2, -0.15) is 0 Å². The average Bonchev–Trinajstić information content (AvgIpc) is 2.48. The van der Waals surface area contributed by atoms with Crippen LogP contribution in [0, 0.1) is 13.8 Å². The maximum atomic E-state index is 5.76. The molecule has 2 rings (SSSR count). The lowest BCUT2D eigenvalue weighted by Crippen LogP contribution is -2.08. The molecule has 0 amide bonds. The Morgan fingerprint density at radius 3 is 2.33 bits per heavy atom. The number of hydrogen-bond donors (Lipinski definition) is 1. The average molecular weight is 285 g/mol. The molecule has 2 aromatic carbocycles. The number of rotatable bonds is 7. The maximum absolute atomic E-state index is 5.76. The monoisotopic (exact) mass is 285 g/mol. The van der Waals surface area contributed by atoms with Gasteiger partial charge in [0.1, 0.15) is 12.4 Å². The molecule has 112 valence electrons. The van der Waals surface area contributed by atoms with Crippen LogP contribution in [-0.2, 0) is 11.3 Å². The normalized spacial score (nSPS) is 10.4. The van der Waals surface area contributed by atoms with Gasteiger partial charge in [-0.05, 0) is 31.0 Å². The van der Waals surface area contributed by atoms with Gasteiger partial charge in [0.15, 0.2) is 0 Å². The summed E-state index contributed by atoms with van der Waals surface area (Å²) in [5.41, 5.74) is 4.86. The van der Waals surface area contributed by atoms with Crippen LogP contribution in [-0.4, -0.2) is 20.3 Å². The number of benzene rings is 2. The molecule has 0 saturated heterocycles. The third kappa shape index (κ3) is 4.23. The first-order valence-electron chi connectivity index (χ1n) is 7.22. The third-order valence-electron chi connectivity index (χ3n) is 3.45. The van der Waals surface area contributed by atoms with Gasteiger partial charge >= 0.3 is 0 Å². The lowest BCUT2D eigenvalue weighted by Gasteiger charge is -2.15. The van der Waals surface area contributed by atoms with Crippen LogP contribution >= 0.6 is 0 Å². The molecule has 0 aromatic heterocycles. The standard InChI is InChI=1S/C18H23NO2/c1-14-7-6-8-15(2)18(14)19-13-16-9-4-5-10-17(16)21-12-11-20-3/h4-10,19H,11-13H2,1-3H3. The molecule has 1 N–H and O–H groups in total. The molecule has 0 aliphatic rings. The molecular weight excluding hydrogens is 262 g/mol. The van der Waals surface area contributed by atoms with E-state index in [0.29, 0.717) is 13.2 Å². The highest BCUT2D eigenvalue weighted by atomic mass is 16.5. The minimum atomic E-state index is 0.566. The number of anilines is 1. The second kappa shape index (κ2) is 7.70. The van der Waals surface area contributed by atoms with E-state index in [0.717, 1.165) is 17.9 Å². The predicted octanol–water partition coefficient (Wildman–Crippen LogP) is 3.94. The van der Waals surface area contributed by atoms with E-state index in [1.54, 1.807) is 7.11 Å². The fraction of sp³-hybridized carbons (Fsp3) is 0.333. The summed E-state index contributed by atoms with van der Waals surface area (Å²) in [6.07, 6.45) is 0. The van der Waals surface area contributed by atoms with Crippen molar-refractivity contribution in [3.8, 4) is 5.75 Å². The van der Waals surface area contributed by atoms with Crippen molar-refractivity contribution in [2.75, 3.05) is 25.6 Å². The van der Waals surface area contributed by atoms with Gasteiger partial charge in [0.2, 0.25) is 0 Å². The highest BCUT2D eigenvalue weighted by Gasteiger charge is 2.05. The molecule has 0 bridgehead atoms. The quantitative estimate of drug-likeness (QED) is 0.782. The van der Waals surface area contributed by atoms with E-state index in [-0.39, 0.29) is 0 Å². The number of hydrogen-bond acceptors (Lipinski definition) is 3. The molecule has 0 heterocycles. The van der Waals surface area contributed by atoms with E-state index in [1.807, 2.05) is 18.2 Å². The summed E-state index contributed by atoms with van der Waals surface area (Å²) in [6, 6.07) is 14.4. The Hall–Kier alpha value is -2.00. The number of para-hydroxylation sites is 2. The van der Waals surface area contributed by atoms with Gasteiger partial charge in [0, 0.05) is 24.9 Å². The fourth-order valence-corrected chi connectivity index (χ4v) is 2.30. The summed E-state index contributed by atoms with van der Waals surface area (Å²) in [6.45, 7) is 6.15. The Labute approximate surface area is 126 Å². The van der Waals surface area contributed by atoms with Crippen LogP contribution in [0.1, 0.15) is 16.7 Å². The van der Waals surface area contributed by atoms with Crippen LogP contribution in [0.2, 0.25) is 0 Å². The summed E-state index contributed by atoms with van der Waals surface area (Å²) >= 11 is 0. The zero-order valence-electron chi connectivity index (χ0n) is 13.0. The molecule has 0 radical (unpaired) electrons. The zero-order chi connectivity index (χ0) is 15.1. The van der Waals surface area contributed by atoms with Gasteiger partial charge in [-0.3, -0.25) is 0 Å².